The largest absolute Gasteiger partial charge is 0.324 e. The average molecular weight is 298 g/mol. The van der Waals surface area contributed by atoms with Crippen molar-refractivity contribution >= 4 is 34.0 Å². The Kier molecular flexibility index (Phi) is 3.79. The van der Waals surface area contributed by atoms with E-state index in [2.05, 4.69) is 15.3 Å². The minimum Gasteiger partial charge on any atom is -0.324 e. The maximum atomic E-state index is 12.1. The van der Waals surface area contributed by atoms with Crippen LogP contribution in [0.5, 0.6) is 0 Å². The van der Waals surface area contributed by atoms with Crippen molar-refractivity contribution in [3.05, 3.63) is 65.7 Å². The average Bonchev–Trinajstić information content (AvgIpc) is 2.50. The number of pyridine rings is 2. The van der Waals surface area contributed by atoms with Crippen LogP contribution in [-0.4, -0.2) is 15.9 Å². The summed E-state index contributed by atoms with van der Waals surface area (Å²) in [6.45, 7) is 0. The van der Waals surface area contributed by atoms with E-state index >= 15 is 0 Å². The van der Waals surface area contributed by atoms with Gasteiger partial charge in [0.15, 0.2) is 0 Å². The SMILES string of the molecule is O=C(Cc1ccc(Cl)cn1)Nc1cncc2ccccc12. The highest BCUT2D eigenvalue weighted by Crippen LogP contribution is 2.21. The van der Waals surface area contributed by atoms with Crippen LogP contribution in [0.2, 0.25) is 5.02 Å². The van der Waals surface area contributed by atoms with E-state index in [0.29, 0.717) is 16.4 Å². The Balaban J connectivity index is 1.79. The van der Waals surface area contributed by atoms with Crippen LogP contribution in [0.3, 0.4) is 0 Å². The summed E-state index contributed by atoms with van der Waals surface area (Å²) >= 11 is 5.77. The van der Waals surface area contributed by atoms with Crippen LogP contribution < -0.4 is 5.32 Å². The van der Waals surface area contributed by atoms with Crippen molar-refractivity contribution in [2.24, 2.45) is 0 Å². The third-order valence-corrected chi connectivity index (χ3v) is 3.30. The van der Waals surface area contributed by atoms with Crippen molar-refractivity contribution in [2.45, 2.75) is 6.42 Å². The molecule has 0 aliphatic carbocycles. The van der Waals surface area contributed by atoms with Gasteiger partial charge in [0.25, 0.3) is 0 Å². The Morgan fingerprint density at radius 3 is 2.76 bits per heavy atom. The molecule has 5 heteroatoms. The number of rotatable bonds is 3. The van der Waals surface area contributed by atoms with Crippen LogP contribution in [0.15, 0.2) is 55.0 Å². The number of anilines is 1. The van der Waals surface area contributed by atoms with E-state index in [1.807, 2.05) is 24.3 Å². The summed E-state index contributed by atoms with van der Waals surface area (Å²) in [6, 6.07) is 11.2. The van der Waals surface area contributed by atoms with E-state index in [-0.39, 0.29) is 12.3 Å². The summed E-state index contributed by atoms with van der Waals surface area (Å²) in [5, 5.41) is 5.38. The smallest absolute Gasteiger partial charge is 0.230 e. The van der Waals surface area contributed by atoms with Crippen LogP contribution in [-0.2, 0) is 11.2 Å². The summed E-state index contributed by atoms with van der Waals surface area (Å²) in [4.78, 5) is 20.3. The summed E-state index contributed by atoms with van der Waals surface area (Å²) in [5.74, 6) is -0.136. The van der Waals surface area contributed by atoms with Gasteiger partial charge in [-0.15, -0.1) is 0 Å². The molecule has 0 aliphatic rings. The van der Waals surface area contributed by atoms with Gasteiger partial charge >= 0.3 is 0 Å². The lowest BCUT2D eigenvalue weighted by molar-refractivity contribution is -0.115. The topological polar surface area (TPSA) is 54.9 Å². The molecule has 1 amide bonds. The molecule has 1 aromatic carbocycles. The molecule has 104 valence electrons. The number of benzene rings is 1. The van der Waals surface area contributed by atoms with Crippen molar-refractivity contribution in [1.29, 1.82) is 0 Å². The molecule has 0 spiro atoms. The van der Waals surface area contributed by atoms with E-state index < -0.39 is 0 Å². The predicted octanol–water partition coefficient (Wildman–Crippen LogP) is 3.46. The van der Waals surface area contributed by atoms with Crippen molar-refractivity contribution in [2.75, 3.05) is 5.32 Å². The van der Waals surface area contributed by atoms with Crippen LogP contribution in [0, 0.1) is 0 Å². The molecule has 1 N–H and O–H groups in total. The molecule has 21 heavy (non-hydrogen) atoms. The van der Waals surface area contributed by atoms with E-state index in [9.17, 15) is 4.79 Å². The van der Waals surface area contributed by atoms with E-state index in [1.54, 1.807) is 24.5 Å². The molecule has 3 aromatic rings. The number of amides is 1. The van der Waals surface area contributed by atoms with Crippen molar-refractivity contribution in [3.63, 3.8) is 0 Å². The maximum absolute atomic E-state index is 12.1. The minimum absolute atomic E-state index is 0.136. The van der Waals surface area contributed by atoms with Crippen LogP contribution in [0.25, 0.3) is 10.8 Å². The van der Waals surface area contributed by atoms with E-state index in [1.165, 1.54) is 6.20 Å². The molecular weight excluding hydrogens is 286 g/mol. The van der Waals surface area contributed by atoms with Gasteiger partial charge in [0.1, 0.15) is 0 Å². The number of nitrogens with one attached hydrogen (secondary N) is 1. The molecule has 0 unspecified atom stereocenters. The zero-order valence-electron chi connectivity index (χ0n) is 11.1. The molecule has 0 bridgehead atoms. The van der Waals surface area contributed by atoms with Gasteiger partial charge in [-0.1, -0.05) is 35.9 Å². The van der Waals surface area contributed by atoms with Gasteiger partial charge in [0.2, 0.25) is 5.91 Å². The number of hydrogen-bond acceptors (Lipinski definition) is 3. The molecule has 0 radical (unpaired) electrons. The predicted molar refractivity (Wildman–Crippen MR) is 83.3 cm³/mol. The van der Waals surface area contributed by atoms with Crippen LogP contribution in [0.4, 0.5) is 5.69 Å². The normalized spacial score (nSPS) is 10.5. The monoisotopic (exact) mass is 297 g/mol. The third-order valence-electron chi connectivity index (χ3n) is 3.07. The first-order valence-corrected chi connectivity index (χ1v) is 6.83. The molecule has 0 atom stereocenters. The Morgan fingerprint density at radius 2 is 1.95 bits per heavy atom. The second kappa shape index (κ2) is 5.89. The lowest BCUT2D eigenvalue weighted by Crippen LogP contribution is -2.15. The molecule has 3 rings (SSSR count). The highest BCUT2D eigenvalue weighted by Gasteiger charge is 2.08. The second-order valence-corrected chi connectivity index (χ2v) is 5.04. The number of nitrogens with zero attached hydrogens (tertiary/aromatic N) is 2. The Morgan fingerprint density at radius 1 is 1.10 bits per heavy atom. The first-order valence-electron chi connectivity index (χ1n) is 6.45. The molecule has 2 heterocycles. The first-order chi connectivity index (χ1) is 10.2. The first kappa shape index (κ1) is 13.5. The van der Waals surface area contributed by atoms with Gasteiger partial charge in [0, 0.05) is 28.9 Å². The fourth-order valence-electron chi connectivity index (χ4n) is 2.09. The van der Waals surface area contributed by atoms with Crippen LogP contribution in [0.1, 0.15) is 5.69 Å². The van der Waals surface area contributed by atoms with E-state index in [0.717, 1.165) is 10.8 Å². The molecule has 0 saturated carbocycles. The van der Waals surface area contributed by atoms with Crippen molar-refractivity contribution in [3.8, 4) is 0 Å². The summed E-state index contributed by atoms with van der Waals surface area (Å²) in [5.41, 5.74) is 1.37. The van der Waals surface area contributed by atoms with Crippen molar-refractivity contribution < 1.29 is 4.79 Å². The fraction of sp³-hybridized carbons (Fsp3) is 0.0625. The lowest BCUT2D eigenvalue weighted by atomic mass is 10.1. The molecule has 0 aliphatic heterocycles. The van der Waals surface area contributed by atoms with Gasteiger partial charge in [-0.05, 0) is 12.1 Å². The third kappa shape index (κ3) is 3.17. The number of aromatic nitrogens is 2. The summed E-state index contributed by atoms with van der Waals surface area (Å²) in [7, 11) is 0. The summed E-state index contributed by atoms with van der Waals surface area (Å²) < 4.78 is 0. The van der Waals surface area contributed by atoms with Gasteiger partial charge in [0.05, 0.1) is 23.3 Å². The highest BCUT2D eigenvalue weighted by molar-refractivity contribution is 6.30. The van der Waals surface area contributed by atoms with Gasteiger partial charge in [-0.2, -0.15) is 0 Å². The fourth-order valence-corrected chi connectivity index (χ4v) is 2.20. The zero-order chi connectivity index (χ0) is 14.7. The maximum Gasteiger partial charge on any atom is 0.230 e. The molecule has 4 nitrogen and oxygen atoms in total. The minimum atomic E-state index is -0.136. The van der Waals surface area contributed by atoms with E-state index in [4.69, 9.17) is 11.6 Å². The Bertz CT molecular complexity index is 782. The zero-order valence-corrected chi connectivity index (χ0v) is 11.8. The number of carbonyl (C=O) groups excluding carboxylic acids is 1. The van der Waals surface area contributed by atoms with Gasteiger partial charge in [-0.3, -0.25) is 14.8 Å². The number of carbonyl (C=O) groups is 1. The van der Waals surface area contributed by atoms with Crippen LogP contribution >= 0.6 is 11.6 Å². The quantitative estimate of drug-likeness (QED) is 0.805. The Hall–Kier alpha value is -2.46. The number of fused-ring (bicyclic) bond motifs is 1. The molecule has 2 aromatic heterocycles. The Labute approximate surface area is 126 Å². The molecule has 0 saturated heterocycles. The molecular formula is C16H12ClN3O. The standard InChI is InChI=1S/C16H12ClN3O/c17-12-5-6-13(19-9-12)7-16(21)20-15-10-18-8-11-3-1-2-4-14(11)15/h1-6,8-10H,7H2,(H,20,21). The second-order valence-electron chi connectivity index (χ2n) is 4.60. The van der Waals surface area contributed by atoms with Gasteiger partial charge in [-0.25, -0.2) is 0 Å². The molecule has 0 fully saturated rings. The lowest BCUT2D eigenvalue weighted by Gasteiger charge is -2.08. The number of hydrogen-bond donors (Lipinski definition) is 1. The summed E-state index contributed by atoms with van der Waals surface area (Å²) in [6.07, 6.45) is 5.14. The highest BCUT2D eigenvalue weighted by atomic mass is 35.5. The van der Waals surface area contributed by atoms with Crippen molar-refractivity contribution in [1.82, 2.24) is 9.97 Å². The van der Waals surface area contributed by atoms with Gasteiger partial charge < -0.3 is 5.32 Å². The number of halogens is 1.